The Morgan fingerprint density at radius 1 is 0.900 bits per heavy atom. The third-order valence-corrected chi connectivity index (χ3v) is 5.75. The largest absolute Gasteiger partial charge is 0.493 e. The van der Waals surface area contributed by atoms with E-state index in [1.54, 1.807) is 37.4 Å². The van der Waals surface area contributed by atoms with Gasteiger partial charge in [0.15, 0.2) is 11.5 Å². The number of carbonyl (C=O) groups is 2. The van der Waals surface area contributed by atoms with E-state index in [4.69, 9.17) is 13.9 Å². The SMILES string of the molecule is COc1ccc(C2=C(Sc3ccccc3)C(=O)N(Cc3ccco3)C2=O)cc1OC. The minimum atomic E-state index is -0.373. The molecule has 0 saturated heterocycles. The van der Waals surface area contributed by atoms with Gasteiger partial charge >= 0.3 is 0 Å². The molecule has 1 aliphatic heterocycles. The van der Waals surface area contributed by atoms with Crippen LogP contribution >= 0.6 is 11.8 Å². The molecule has 0 radical (unpaired) electrons. The van der Waals surface area contributed by atoms with Crippen molar-refractivity contribution in [3.63, 3.8) is 0 Å². The number of imide groups is 1. The smallest absolute Gasteiger partial charge is 0.268 e. The van der Waals surface area contributed by atoms with Gasteiger partial charge in [-0.15, -0.1) is 0 Å². The second kappa shape index (κ2) is 8.51. The molecule has 2 aromatic carbocycles. The van der Waals surface area contributed by atoms with Crippen molar-refractivity contribution < 1.29 is 23.5 Å². The van der Waals surface area contributed by atoms with Gasteiger partial charge in [0, 0.05) is 4.90 Å². The number of hydrogen-bond donors (Lipinski definition) is 0. The normalized spacial score (nSPS) is 13.9. The summed E-state index contributed by atoms with van der Waals surface area (Å²) < 4.78 is 16.0. The molecule has 3 aromatic rings. The predicted molar refractivity (Wildman–Crippen MR) is 113 cm³/mol. The molecule has 0 aliphatic carbocycles. The van der Waals surface area contributed by atoms with E-state index in [1.807, 2.05) is 30.3 Å². The lowest BCUT2D eigenvalue weighted by molar-refractivity contribution is -0.137. The monoisotopic (exact) mass is 421 g/mol. The summed E-state index contributed by atoms with van der Waals surface area (Å²) in [7, 11) is 3.07. The number of thioether (sulfide) groups is 1. The highest BCUT2D eigenvalue weighted by Crippen LogP contribution is 2.42. The Balaban J connectivity index is 1.78. The van der Waals surface area contributed by atoms with E-state index in [1.165, 1.54) is 30.0 Å². The van der Waals surface area contributed by atoms with Gasteiger partial charge in [0.2, 0.25) is 0 Å². The van der Waals surface area contributed by atoms with Crippen LogP contribution in [0.15, 0.2) is 81.1 Å². The molecule has 0 unspecified atom stereocenters. The Labute approximate surface area is 178 Å². The fraction of sp³-hybridized carbons (Fsp3) is 0.130. The lowest BCUT2D eigenvalue weighted by Crippen LogP contribution is -2.30. The number of hydrogen-bond acceptors (Lipinski definition) is 6. The molecule has 0 N–H and O–H groups in total. The van der Waals surface area contributed by atoms with Crippen LogP contribution in [0.5, 0.6) is 11.5 Å². The van der Waals surface area contributed by atoms with Crippen molar-refractivity contribution >= 4 is 29.1 Å². The topological polar surface area (TPSA) is 69.0 Å². The van der Waals surface area contributed by atoms with Gasteiger partial charge in [0.25, 0.3) is 11.8 Å². The first-order chi connectivity index (χ1) is 14.6. The maximum absolute atomic E-state index is 13.3. The van der Waals surface area contributed by atoms with Gasteiger partial charge < -0.3 is 13.9 Å². The van der Waals surface area contributed by atoms with E-state index in [0.29, 0.717) is 33.3 Å². The van der Waals surface area contributed by atoms with Crippen LogP contribution in [0.4, 0.5) is 0 Å². The third kappa shape index (κ3) is 3.71. The molecule has 30 heavy (non-hydrogen) atoms. The Hall–Kier alpha value is -3.45. The van der Waals surface area contributed by atoms with Crippen molar-refractivity contribution in [1.82, 2.24) is 4.90 Å². The van der Waals surface area contributed by atoms with Crippen LogP contribution in [0, 0.1) is 0 Å². The van der Waals surface area contributed by atoms with E-state index >= 15 is 0 Å². The molecule has 0 spiro atoms. The van der Waals surface area contributed by atoms with Crippen LogP contribution in [0.2, 0.25) is 0 Å². The van der Waals surface area contributed by atoms with E-state index in [0.717, 1.165) is 4.90 Å². The first kappa shape index (κ1) is 19.8. The summed E-state index contributed by atoms with van der Waals surface area (Å²) in [6, 6.07) is 18.1. The van der Waals surface area contributed by atoms with Gasteiger partial charge in [0.1, 0.15) is 5.76 Å². The predicted octanol–water partition coefficient (Wildman–Crippen LogP) is 4.37. The van der Waals surface area contributed by atoms with Crippen LogP contribution in [0.3, 0.4) is 0 Å². The highest BCUT2D eigenvalue weighted by molar-refractivity contribution is 8.04. The van der Waals surface area contributed by atoms with Crippen molar-refractivity contribution in [2.45, 2.75) is 11.4 Å². The van der Waals surface area contributed by atoms with E-state index in [-0.39, 0.29) is 18.4 Å². The first-order valence-corrected chi connectivity index (χ1v) is 10.0. The van der Waals surface area contributed by atoms with Gasteiger partial charge in [-0.05, 0) is 42.0 Å². The van der Waals surface area contributed by atoms with Crippen LogP contribution in [0.1, 0.15) is 11.3 Å². The number of methoxy groups -OCH3 is 2. The summed E-state index contributed by atoms with van der Waals surface area (Å²) >= 11 is 1.27. The molecule has 0 saturated carbocycles. The highest BCUT2D eigenvalue weighted by atomic mass is 32.2. The molecule has 1 aromatic heterocycles. The maximum atomic E-state index is 13.3. The summed E-state index contributed by atoms with van der Waals surface area (Å²) in [5, 5.41) is 0. The third-order valence-electron chi connectivity index (χ3n) is 4.65. The van der Waals surface area contributed by atoms with E-state index in [2.05, 4.69) is 0 Å². The zero-order chi connectivity index (χ0) is 21.1. The number of ether oxygens (including phenoxy) is 2. The minimum absolute atomic E-state index is 0.0697. The van der Waals surface area contributed by atoms with Crippen molar-refractivity contribution in [2.75, 3.05) is 14.2 Å². The molecular weight excluding hydrogens is 402 g/mol. The second-order valence-electron chi connectivity index (χ2n) is 6.46. The molecule has 2 amide bonds. The highest BCUT2D eigenvalue weighted by Gasteiger charge is 2.40. The Morgan fingerprint density at radius 3 is 2.33 bits per heavy atom. The Bertz CT molecular complexity index is 1110. The number of rotatable bonds is 7. The number of furan rings is 1. The van der Waals surface area contributed by atoms with Gasteiger partial charge in [-0.3, -0.25) is 14.5 Å². The fourth-order valence-corrected chi connectivity index (χ4v) is 4.24. The van der Waals surface area contributed by atoms with Crippen molar-refractivity contribution in [3.8, 4) is 11.5 Å². The molecule has 0 bridgehead atoms. The van der Waals surface area contributed by atoms with Gasteiger partial charge in [-0.1, -0.05) is 36.0 Å². The fourth-order valence-electron chi connectivity index (χ4n) is 3.20. The summed E-state index contributed by atoms with van der Waals surface area (Å²) in [5.41, 5.74) is 0.924. The Kier molecular flexibility index (Phi) is 5.63. The molecule has 152 valence electrons. The Morgan fingerprint density at radius 2 is 1.67 bits per heavy atom. The van der Waals surface area contributed by atoms with Crippen LogP contribution in [0.25, 0.3) is 5.57 Å². The lowest BCUT2D eigenvalue weighted by Gasteiger charge is -2.14. The minimum Gasteiger partial charge on any atom is -0.493 e. The lowest BCUT2D eigenvalue weighted by atomic mass is 10.1. The zero-order valence-corrected chi connectivity index (χ0v) is 17.3. The molecule has 2 heterocycles. The van der Waals surface area contributed by atoms with Crippen LogP contribution < -0.4 is 9.47 Å². The van der Waals surface area contributed by atoms with Crippen LogP contribution in [-0.2, 0) is 16.1 Å². The maximum Gasteiger partial charge on any atom is 0.268 e. The number of amides is 2. The quantitative estimate of drug-likeness (QED) is 0.528. The van der Waals surface area contributed by atoms with E-state index in [9.17, 15) is 9.59 Å². The van der Waals surface area contributed by atoms with Gasteiger partial charge in [0.05, 0.1) is 37.5 Å². The van der Waals surface area contributed by atoms with Crippen LogP contribution in [-0.4, -0.2) is 30.9 Å². The number of benzene rings is 2. The van der Waals surface area contributed by atoms with Crippen molar-refractivity contribution in [3.05, 3.63) is 83.2 Å². The summed E-state index contributed by atoms with van der Waals surface area (Å²) in [4.78, 5) is 29.0. The molecule has 4 rings (SSSR count). The number of carbonyl (C=O) groups excluding carboxylic acids is 2. The standard InChI is InChI=1S/C23H19NO5S/c1-27-18-11-10-15(13-19(18)28-2)20-21(30-17-8-4-3-5-9-17)23(26)24(22(20)25)14-16-7-6-12-29-16/h3-13H,14H2,1-2H3. The first-order valence-electron chi connectivity index (χ1n) is 9.20. The zero-order valence-electron chi connectivity index (χ0n) is 16.5. The summed E-state index contributed by atoms with van der Waals surface area (Å²) in [6.45, 7) is 0.0697. The number of nitrogens with zero attached hydrogens (tertiary/aromatic N) is 1. The molecule has 7 heteroatoms. The van der Waals surface area contributed by atoms with Gasteiger partial charge in [-0.2, -0.15) is 0 Å². The summed E-state index contributed by atoms with van der Waals surface area (Å²) in [5.74, 6) is 0.839. The van der Waals surface area contributed by atoms with Crippen molar-refractivity contribution in [2.24, 2.45) is 0 Å². The second-order valence-corrected chi connectivity index (χ2v) is 7.55. The molecular formula is C23H19NO5S. The molecule has 1 aliphatic rings. The van der Waals surface area contributed by atoms with Gasteiger partial charge in [-0.25, -0.2) is 0 Å². The van der Waals surface area contributed by atoms with E-state index < -0.39 is 0 Å². The molecule has 0 atom stereocenters. The average molecular weight is 421 g/mol. The molecule has 0 fully saturated rings. The average Bonchev–Trinajstić information content (AvgIpc) is 3.37. The van der Waals surface area contributed by atoms with Crippen molar-refractivity contribution in [1.29, 1.82) is 0 Å². The summed E-state index contributed by atoms with van der Waals surface area (Å²) in [6.07, 6.45) is 1.52. The molecule has 6 nitrogen and oxygen atoms in total.